The summed E-state index contributed by atoms with van der Waals surface area (Å²) in [5.74, 6) is -0.0878. The molecule has 5 heteroatoms. The van der Waals surface area contributed by atoms with Crippen LogP contribution in [0.15, 0.2) is 18.2 Å². The number of rotatable bonds is 3. The van der Waals surface area contributed by atoms with Crippen LogP contribution in [-0.2, 0) is 23.1 Å². The fourth-order valence-electron chi connectivity index (χ4n) is 1.01. The van der Waals surface area contributed by atoms with Crippen LogP contribution in [0.3, 0.4) is 0 Å². The van der Waals surface area contributed by atoms with Crippen LogP contribution in [0.25, 0.3) is 0 Å². The van der Waals surface area contributed by atoms with Crippen LogP contribution in [0, 0.1) is 0 Å². The lowest BCUT2D eigenvalue weighted by molar-refractivity contribution is 0.275. The predicted molar refractivity (Wildman–Crippen MR) is 48.0 cm³/mol. The van der Waals surface area contributed by atoms with Crippen LogP contribution >= 0.6 is 0 Å². The van der Waals surface area contributed by atoms with Crippen molar-refractivity contribution in [1.82, 2.24) is 0 Å². The SMILES string of the molecule is O=[SH](=O)Cc1ccc(O)c(CO)c1. The molecule has 13 heavy (non-hydrogen) atoms. The summed E-state index contributed by atoms with van der Waals surface area (Å²) in [5, 5.41) is 17.9. The monoisotopic (exact) mass is 202 g/mol. The quantitative estimate of drug-likeness (QED) is 0.603. The Bertz CT molecular complexity index is 362. The molecule has 72 valence electrons. The minimum Gasteiger partial charge on any atom is -0.508 e. The van der Waals surface area contributed by atoms with Crippen molar-refractivity contribution in [3.8, 4) is 5.75 Å². The lowest BCUT2D eigenvalue weighted by atomic mass is 10.1. The molecule has 0 radical (unpaired) electrons. The summed E-state index contributed by atoms with van der Waals surface area (Å²) in [5.41, 5.74) is 0.910. The molecule has 0 amide bonds. The third-order valence-corrected chi connectivity index (χ3v) is 2.25. The third kappa shape index (κ3) is 2.71. The first-order chi connectivity index (χ1) is 6.13. The summed E-state index contributed by atoms with van der Waals surface area (Å²) in [6, 6.07) is 4.36. The molecule has 0 saturated heterocycles. The Kier molecular flexibility index (Phi) is 3.27. The van der Waals surface area contributed by atoms with Crippen molar-refractivity contribution in [2.75, 3.05) is 0 Å². The molecular weight excluding hydrogens is 192 g/mol. The van der Waals surface area contributed by atoms with Gasteiger partial charge in [0.2, 0.25) is 0 Å². The van der Waals surface area contributed by atoms with E-state index in [4.69, 9.17) is 10.2 Å². The highest BCUT2D eigenvalue weighted by Crippen LogP contribution is 2.18. The predicted octanol–water partition coefficient (Wildman–Crippen LogP) is -0.00410. The van der Waals surface area contributed by atoms with Gasteiger partial charge in [-0.1, -0.05) is 6.07 Å². The Morgan fingerprint density at radius 1 is 1.31 bits per heavy atom. The number of hydrogen-bond acceptors (Lipinski definition) is 4. The summed E-state index contributed by atoms with van der Waals surface area (Å²) in [6.45, 7) is -0.296. The number of hydrogen-bond donors (Lipinski definition) is 3. The molecule has 0 aliphatic heterocycles. The zero-order valence-electron chi connectivity index (χ0n) is 6.80. The fourth-order valence-corrected chi connectivity index (χ4v) is 1.51. The van der Waals surface area contributed by atoms with Gasteiger partial charge in [-0.2, -0.15) is 0 Å². The van der Waals surface area contributed by atoms with Gasteiger partial charge in [-0.25, -0.2) is 8.42 Å². The van der Waals surface area contributed by atoms with Crippen molar-refractivity contribution in [1.29, 1.82) is 0 Å². The van der Waals surface area contributed by atoms with Gasteiger partial charge < -0.3 is 10.2 Å². The highest BCUT2D eigenvalue weighted by molar-refractivity contribution is 7.71. The minimum absolute atomic E-state index is 0.0209. The van der Waals surface area contributed by atoms with E-state index in [1.54, 1.807) is 0 Å². The van der Waals surface area contributed by atoms with Crippen LogP contribution < -0.4 is 0 Å². The molecule has 0 bridgehead atoms. The van der Waals surface area contributed by atoms with Crippen molar-refractivity contribution < 1.29 is 18.6 Å². The standard InChI is InChI=1S/C8H10O4S/c9-4-7-3-6(5-13(11)12)1-2-8(7)10/h1-3,9-10,13H,4-5H2. The number of aliphatic hydroxyl groups is 1. The van der Waals surface area contributed by atoms with E-state index in [-0.39, 0.29) is 18.1 Å². The van der Waals surface area contributed by atoms with Gasteiger partial charge in [0.1, 0.15) is 16.5 Å². The highest BCUT2D eigenvalue weighted by atomic mass is 32.2. The maximum absolute atomic E-state index is 10.4. The summed E-state index contributed by atoms with van der Waals surface area (Å²) in [6.07, 6.45) is 0. The van der Waals surface area contributed by atoms with E-state index in [1.165, 1.54) is 18.2 Å². The molecule has 1 aromatic carbocycles. The minimum atomic E-state index is -2.47. The average Bonchev–Trinajstić information content (AvgIpc) is 2.07. The number of aromatic hydroxyl groups is 1. The molecule has 0 saturated carbocycles. The molecule has 0 heterocycles. The van der Waals surface area contributed by atoms with Gasteiger partial charge in [0.15, 0.2) is 0 Å². The van der Waals surface area contributed by atoms with Crippen molar-refractivity contribution in [2.45, 2.75) is 12.4 Å². The molecule has 0 atom stereocenters. The molecule has 0 spiro atoms. The van der Waals surface area contributed by atoms with Gasteiger partial charge >= 0.3 is 0 Å². The molecular formula is C8H10O4S. The smallest absolute Gasteiger partial charge is 0.144 e. The van der Waals surface area contributed by atoms with Gasteiger partial charge in [0, 0.05) is 5.56 Å². The van der Waals surface area contributed by atoms with E-state index in [9.17, 15) is 8.42 Å². The second-order valence-corrected chi connectivity index (χ2v) is 3.59. The Morgan fingerprint density at radius 2 is 2.00 bits per heavy atom. The summed E-state index contributed by atoms with van der Waals surface area (Å²) >= 11 is 0. The molecule has 0 aromatic heterocycles. The normalized spacial score (nSPS) is 10.6. The summed E-state index contributed by atoms with van der Waals surface area (Å²) in [7, 11) is -2.47. The molecule has 0 fully saturated rings. The summed E-state index contributed by atoms with van der Waals surface area (Å²) < 4.78 is 20.7. The largest absolute Gasteiger partial charge is 0.508 e. The molecule has 0 aliphatic rings. The topological polar surface area (TPSA) is 74.6 Å². The maximum Gasteiger partial charge on any atom is 0.144 e. The van der Waals surface area contributed by atoms with Gasteiger partial charge in [0.05, 0.1) is 12.4 Å². The van der Waals surface area contributed by atoms with Crippen LogP contribution in [0.4, 0.5) is 0 Å². The molecule has 0 aliphatic carbocycles. The molecule has 4 nitrogen and oxygen atoms in total. The van der Waals surface area contributed by atoms with E-state index >= 15 is 0 Å². The highest BCUT2D eigenvalue weighted by Gasteiger charge is 2.01. The van der Waals surface area contributed by atoms with Crippen LogP contribution in [0.1, 0.15) is 11.1 Å². The maximum atomic E-state index is 10.4. The average molecular weight is 202 g/mol. The molecule has 1 rings (SSSR count). The lowest BCUT2D eigenvalue weighted by Gasteiger charge is -2.02. The number of phenols is 1. The van der Waals surface area contributed by atoms with E-state index in [0.717, 1.165) is 0 Å². The summed E-state index contributed by atoms with van der Waals surface area (Å²) in [4.78, 5) is 0. The first-order valence-corrected chi connectivity index (χ1v) is 5.03. The van der Waals surface area contributed by atoms with E-state index in [2.05, 4.69) is 0 Å². The van der Waals surface area contributed by atoms with Gasteiger partial charge in [0.25, 0.3) is 0 Å². The zero-order chi connectivity index (χ0) is 9.84. The first kappa shape index (κ1) is 10.0. The van der Waals surface area contributed by atoms with Crippen molar-refractivity contribution in [2.24, 2.45) is 0 Å². The number of aliphatic hydroxyl groups excluding tert-OH is 1. The molecule has 2 N–H and O–H groups in total. The lowest BCUT2D eigenvalue weighted by Crippen LogP contribution is -1.90. The van der Waals surface area contributed by atoms with Gasteiger partial charge in [-0.05, 0) is 17.7 Å². The van der Waals surface area contributed by atoms with Crippen LogP contribution in [0.5, 0.6) is 5.75 Å². The number of thiol groups is 1. The Balaban J connectivity index is 2.99. The van der Waals surface area contributed by atoms with E-state index in [1.807, 2.05) is 0 Å². The van der Waals surface area contributed by atoms with Crippen LogP contribution in [0.2, 0.25) is 0 Å². The van der Waals surface area contributed by atoms with Crippen molar-refractivity contribution in [3.05, 3.63) is 29.3 Å². The Morgan fingerprint density at radius 3 is 2.54 bits per heavy atom. The van der Waals surface area contributed by atoms with E-state index in [0.29, 0.717) is 11.1 Å². The Labute approximate surface area is 77.4 Å². The second kappa shape index (κ2) is 4.25. The van der Waals surface area contributed by atoms with Crippen molar-refractivity contribution >= 4 is 10.7 Å². The molecule has 0 unspecified atom stereocenters. The molecule has 1 aromatic rings. The zero-order valence-corrected chi connectivity index (χ0v) is 7.70. The second-order valence-electron chi connectivity index (χ2n) is 2.61. The Hall–Kier alpha value is -1.07. The fraction of sp³-hybridized carbons (Fsp3) is 0.250. The number of benzene rings is 1. The van der Waals surface area contributed by atoms with Gasteiger partial charge in [-0.15, -0.1) is 0 Å². The third-order valence-electron chi connectivity index (χ3n) is 1.63. The van der Waals surface area contributed by atoms with Crippen molar-refractivity contribution in [3.63, 3.8) is 0 Å². The van der Waals surface area contributed by atoms with Gasteiger partial charge in [-0.3, -0.25) is 0 Å². The van der Waals surface area contributed by atoms with Crippen LogP contribution in [-0.4, -0.2) is 18.6 Å². The van der Waals surface area contributed by atoms with E-state index < -0.39 is 10.7 Å². The first-order valence-electron chi connectivity index (χ1n) is 3.67.